The molecular weight excluding hydrogens is 947 g/mol. The van der Waals surface area contributed by atoms with E-state index in [1.807, 2.05) is 94.4 Å². The van der Waals surface area contributed by atoms with Gasteiger partial charge in [0.2, 0.25) is 17.7 Å². The average molecular weight is 1020 g/mol. The zero-order valence-electron chi connectivity index (χ0n) is 43.0. The number of hydrogen-bond acceptors (Lipinski definition) is 13. The van der Waals surface area contributed by atoms with Crippen LogP contribution in [0.4, 0.5) is 0 Å². The van der Waals surface area contributed by atoms with Crippen molar-refractivity contribution in [1.82, 2.24) is 21.3 Å². The molecule has 2 aliphatic rings. The zero-order chi connectivity index (χ0) is 53.4. The van der Waals surface area contributed by atoms with E-state index in [9.17, 15) is 33.6 Å². The Bertz CT molecular complexity index is 2470. The molecule has 72 heavy (non-hydrogen) atoms. The molecular formula is C53H73N5O13S. The van der Waals surface area contributed by atoms with Crippen molar-refractivity contribution in [1.29, 1.82) is 0 Å². The molecule has 0 aromatic heterocycles. The summed E-state index contributed by atoms with van der Waals surface area (Å²) in [6.45, 7) is 16.3. The quantitative estimate of drug-likeness (QED) is 0.0248. The molecule has 5 rings (SSSR count). The van der Waals surface area contributed by atoms with Gasteiger partial charge < -0.3 is 44.5 Å². The number of ether oxygens (including phenoxy) is 3. The van der Waals surface area contributed by atoms with E-state index in [1.54, 1.807) is 19.9 Å². The lowest BCUT2D eigenvalue weighted by molar-refractivity contribution is -0.940. The van der Waals surface area contributed by atoms with Gasteiger partial charge in [-0.05, 0) is 87.1 Å². The number of quaternary nitrogens is 1. The van der Waals surface area contributed by atoms with Crippen molar-refractivity contribution in [2.45, 2.75) is 124 Å². The lowest BCUT2D eigenvalue weighted by Crippen LogP contribution is -2.61. The third-order valence-electron chi connectivity index (χ3n) is 12.3. The van der Waals surface area contributed by atoms with Gasteiger partial charge in [-0.1, -0.05) is 88.4 Å². The van der Waals surface area contributed by atoms with Crippen molar-refractivity contribution in [3.05, 3.63) is 101 Å². The standard InChI is InChI=1S/C52H69N5O10.CH4O3S/c1-33(2)25-43(48(61)52(8)32-66-52)54-51(64)45(29-39-17-13-10-14-18-39)56-50(63)44(26-34(3)4)55-49(62)42(20-19-38-15-11-9-12-16-38)53-46(60)31-57(21-23-65-24-22-57)30-40-27-35(5)47(67-37(7)59)41(28-40)36(6)58;1-5(2,3)4/h9-18,27-28,33-34,42-45H,19-26,29-32H2,1-8H3,(H3-,53,54,55,56,60,62,63,64);1H3,(H,2,3,4)/t42-,43-,44-,45-,52+;/m0./s1. The second-order valence-electron chi connectivity index (χ2n) is 20.0. The number of morpholine rings is 1. The molecule has 5 atom stereocenters. The summed E-state index contributed by atoms with van der Waals surface area (Å²) >= 11 is 0. The predicted molar refractivity (Wildman–Crippen MR) is 268 cm³/mol. The van der Waals surface area contributed by atoms with E-state index in [0.29, 0.717) is 57.5 Å². The molecule has 2 fully saturated rings. The van der Waals surface area contributed by atoms with Gasteiger partial charge in [-0.25, -0.2) is 8.42 Å². The van der Waals surface area contributed by atoms with Crippen LogP contribution in [0.1, 0.15) is 100 Å². The molecule has 18 nitrogen and oxygen atoms in total. The fourth-order valence-electron chi connectivity index (χ4n) is 8.64. The summed E-state index contributed by atoms with van der Waals surface area (Å²) in [6, 6.07) is 18.4. The van der Waals surface area contributed by atoms with E-state index in [0.717, 1.165) is 16.7 Å². The summed E-state index contributed by atoms with van der Waals surface area (Å²) in [5.74, 6) is -2.82. The fraction of sp³-hybridized carbons (Fsp3) is 0.528. The molecule has 2 aliphatic heterocycles. The topological polar surface area (TPSA) is 256 Å². The van der Waals surface area contributed by atoms with Crippen LogP contribution in [0.15, 0.2) is 72.8 Å². The molecule has 4 amide bonds. The number of hydrogen-bond donors (Lipinski definition) is 4. The Morgan fingerprint density at radius 3 is 1.76 bits per heavy atom. The number of amides is 4. The number of nitrogens with one attached hydrogen (secondary N) is 4. The highest BCUT2D eigenvalue weighted by molar-refractivity contribution is 7.84. The third kappa shape index (κ3) is 19.6. The molecule has 0 bridgehead atoms. The van der Waals surface area contributed by atoms with Crippen LogP contribution in [-0.2, 0) is 67.7 Å². The maximum atomic E-state index is 14.5. The van der Waals surface area contributed by atoms with Crippen LogP contribution in [-0.4, -0.2) is 134 Å². The van der Waals surface area contributed by atoms with Crippen LogP contribution in [0.5, 0.6) is 5.75 Å². The number of esters is 1. The minimum Gasteiger partial charge on any atom is -0.748 e. The second-order valence-corrected chi connectivity index (χ2v) is 21.4. The van der Waals surface area contributed by atoms with Crippen molar-refractivity contribution >= 4 is 51.3 Å². The molecule has 4 N–H and O–H groups in total. The molecule has 3 aromatic rings. The molecule has 3 aromatic carbocycles. The number of carbonyl (C=O) groups excluding carboxylic acids is 7. The van der Waals surface area contributed by atoms with Crippen molar-refractivity contribution < 1.29 is 65.2 Å². The van der Waals surface area contributed by atoms with Gasteiger partial charge in [0.25, 0.3) is 5.91 Å². The van der Waals surface area contributed by atoms with Gasteiger partial charge in [-0.3, -0.25) is 33.6 Å². The molecule has 19 heteroatoms. The maximum absolute atomic E-state index is 14.5. The predicted octanol–water partition coefficient (Wildman–Crippen LogP) is 3.90. The summed E-state index contributed by atoms with van der Waals surface area (Å²) in [6.07, 6.45) is 2.04. The number of aryl methyl sites for hydroxylation is 2. The van der Waals surface area contributed by atoms with E-state index in [-0.39, 0.29) is 77.5 Å². The first-order valence-electron chi connectivity index (χ1n) is 24.4. The van der Waals surface area contributed by atoms with Crippen LogP contribution in [0.25, 0.3) is 0 Å². The van der Waals surface area contributed by atoms with Crippen LogP contribution in [0.2, 0.25) is 0 Å². The highest BCUT2D eigenvalue weighted by atomic mass is 32.2. The van der Waals surface area contributed by atoms with E-state index in [1.165, 1.54) is 13.8 Å². The monoisotopic (exact) mass is 1020 g/mol. The van der Waals surface area contributed by atoms with Crippen LogP contribution < -0.4 is 26.0 Å². The first-order valence-corrected chi connectivity index (χ1v) is 26.2. The van der Waals surface area contributed by atoms with Gasteiger partial charge in [0, 0.05) is 25.2 Å². The smallest absolute Gasteiger partial charge is 0.308 e. The fourth-order valence-corrected chi connectivity index (χ4v) is 8.64. The summed E-state index contributed by atoms with van der Waals surface area (Å²) < 4.78 is 44.1. The normalized spacial score (nSPS) is 17.7. The molecule has 0 unspecified atom stereocenters. The third-order valence-corrected chi connectivity index (χ3v) is 12.3. The number of Topliss-reactive ketones (excluding diaryl/α,β-unsaturated/α-hetero) is 2. The Morgan fingerprint density at radius 1 is 0.736 bits per heavy atom. The number of nitrogens with zero attached hydrogens (tertiary/aromatic N) is 1. The highest BCUT2D eigenvalue weighted by Gasteiger charge is 2.50. The van der Waals surface area contributed by atoms with Gasteiger partial charge in [0.15, 0.2) is 18.1 Å². The Kier molecular flexibility index (Phi) is 21.8. The number of rotatable bonds is 24. The molecule has 0 saturated carbocycles. The Balaban J connectivity index is 0.00000214. The SMILES string of the molecule is CC(=O)Oc1c(C)cc(C[N+]2(CC(=O)N[C@@H](CCc3ccccc3)C(=O)N[C@@H](CC(C)C)C(=O)N[C@@H](Cc3ccccc3)C(=O)N[C@@H](CC(C)C)C(=O)[C@@]3(C)CO3)CCOCC2)cc1C(C)=O.CS(=O)(=O)[O-]. The molecule has 2 heterocycles. The van der Waals surface area contributed by atoms with Crippen LogP contribution in [0.3, 0.4) is 0 Å². The lowest BCUT2D eigenvalue weighted by Gasteiger charge is -2.41. The first-order chi connectivity index (χ1) is 33.8. The van der Waals surface area contributed by atoms with Crippen molar-refractivity contribution in [3.63, 3.8) is 0 Å². The van der Waals surface area contributed by atoms with Gasteiger partial charge in [0.05, 0.1) is 41.5 Å². The first kappa shape index (κ1) is 58.7. The summed E-state index contributed by atoms with van der Waals surface area (Å²) in [7, 11) is -3.92. The highest BCUT2D eigenvalue weighted by Crippen LogP contribution is 2.31. The van der Waals surface area contributed by atoms with Crippen molar-refractivity contribution in [3.8, 4) is 5.75 Å². The van der Waals surface area contributed by atoms with E-state index >= 15 is 0 Å². The van der Waals surface area contributed by atoms with Crippen LogP contribution in [0, 0.1) is 18.8 Å². The zero-order valence-corrected chi connectivity index (χ0v) is 43.9. The Hall–Kier alpha value is -5.86. The van der Waals surface area contributed by atoms with Crippen molar-refractivity contribution in [2.24, 2.45) is 11.8 Å². The Labute approximate surface area is 424 Å². The maximum Gasteiger partial charge on any atom is 0.308 e. The van der Waals surface area contributed by atoms with E-state index < -0.39 is 63.6 Å². The van der Waals surface area contributed by atoms with E-state index in [4.69, 9.17) is 27.2 Å². The van der Waals surface area contributed by atoms with Gasteiger partial charge >= 0.3 is 5.97 Å². The average Bonchev–Trinajstić information content (AvgIpc) is 4.05. The molecule has 0 spiro atoms. The molecule has 0 radical (unpaired) electrons. The molecule has 2 saturated heterocycles. The molecule has 394 valence electrons. The van der Waals surface area contributed by atoms with Crippen molar-refractivity contribution in [2.75, 3.05) is 45.7 Å². The number of benzene rings is 3. The van der Waals surface area contributed by atoms with Gasteiger partial charge in [-0.15, -0.1) is 0 Å². The van der Waals surface area contributed by atoms with Gasteiger partial charge in [0.1, 0.15) is 49.1 Å². The minimum atomic E-state index is -3.92. The lowest BCUT2D eigenvalue weighted by atomic mass is 9.93. The number of carbonyl (C=O) groups is 7. The largest absolute Gasteiger partial charge is 0.748 e. The van der Waals surface area contributed by atoms with Gasteiger partial charge in [-0.2, -0.15) is 0 Å². The molecule has 0 aliphatic carbocycles. The minimum absolute atomic E-state index is 0.00358. The number of ketones is 2. The second kappa shape index (κ2) is 26.7. The van der Waals surface area contributed by atoms with Crippen LogP contribution >= 0.6 is 0 Å². The summed E-state index contributed by atoms with van der Waals surface area (Å²) in [5, 5.41) is 11.8. The van der Waals surface area contributed by atoms with E-state index in [2.05, 4.69) is 21.3 Å². The Morgan fingerprint density at radius 2 is 1.24 bits per heavy atom. The summed E-state index contributed by atoms with van der Waals surface area (Å²) in [4.78, 5) is 95.5. The number of epoxide rings is 1. The summed E-state index contributed by atoms with van der Waals surface area (Å²) in [5.41, 5.74) is 2.45.